The van der Waals surface area contributed by atoms with E-state index in [1.54, 1.807) is 6.07 Å². The molecule has 0 aliphatic carbocycles. The summed E-state index contributed by atoms with van der Waals surface area (Å²) >= 11 is 4.07. The summed E-state index contributed by atoms with van der Waals surface area (Å²) in [6.07, 6.45) is 1.96. The van der Waals surface area contributed by atoms with Crippen molar-refractivity contribution >= 4 is 28.9 Å². The van der Waals surface area contributed by atoms with Crippen LogP contribution in [0.3, 0.4) is 0 Å². The van der Waals surface area contributed by atoms with Crippen molar-refractivity contribution in [1.82, 2.24) is 0 Å². The fourth-order valence-electron chi connectivity index (χ4n) is 1.29. The van der Waals surface area contributed by atoms with E-state index in [0.717, 1.165) is 0 Å². The Morgan fingerprint density at radius 1 is 1.56 bits per heavy atom. The lowest BCUT2D eigenvalue weighted by atomic mass is 10.2. The number of aromatic hydroxyl groups is 1. The summed E-state index contributed by atoms with van der Waals surface area (Å²) in [5, 5.41) is 10.2. The molecule has 1 aromatic rings. The van der Waals surface area contributed by atoms with Crippen molar-refractivity contribution < 1.29 is 18.6 Å². The van der Waals surface area contributed by atoms with Crippen molar-refractivity contribution in [2.45, 2.75) is 6.42 Å². The molecule has 0 heterocycles. The van der Waals surface area contributed by atoms with E-state index < -0.39 is 11.1 Å². The fourth-order valence-corrected chi connectivity index (χ4v) is 1.88. The molecule has 0 spiro atoms. The highest BCUT2D eigenvalue weighted by Crippen LogP contribution is 2.32. The Kier molecular flexibility index (Phi) is 6.11. The van der Waals surface area contributed by atoms with Crippen LogP contribution < -0.4 is 4.74 Å². The molecule has 18 heavy (non-hydrogen) atoms. The summed E-state index contributed by atoms with van der Waals surface area (Å²) < 4.78 is 23.9. The van der Waals surface area contributed by atoms with Gasteiger partial charge < -0.3 is 14.4 Å². The van der Waals surface area contributed by atoms with Crippen molar-refractivity contribution in [3.05, 3.63) is 22.7 Å². The van der Waals surface area contributed by atoms with Gasteiger partial charge in [0.25, 0.3) is 0 Å². The molecule has 5 nitrogen and oxygen atoms in total. The normalized spacial score (nSPS) is 12.8. The van der Waals surface area contributed by atoms with E-state index in [9.17, 15) is 9.32 Å². The van der Waals surface area contributed by atoms with Crippen LogP contribution in [0.15, 0.2) is 17.1 Å². The van der Waals surface area contributed by atoms with Crippen molar-refractivity contribution in [3.63, 3.8) is 0 Å². The number of phenolic OH excluding ortho intramolecular Hbond substituents is 1. The second kappa shape index (κ2) is 7.35. The van der Waals surface area contributed by atoms with Crippen molar-refractivity contribution in [3.8, 4) is 11.5 Å². The minimum atomic E-state index is -1.79. The van der Waals surface area contributed by atoms with E-state index in [1.807, 2.05) is 0 Å². The highest BCUT2D eigenvalue weighted by Gasteiger charge is 2.07. The minimum absolute atomic E-state index is 0.0311. The third kappa shape index (κ3) is 4.64. The fraction of sp³-hybridized carbons (Fsp3) is 0.364. The molecule has 1 rings (SSSR count). The number of ether oxygens (including phenoxy) is 1. The largest absolute Gasteiger partial charge is 0.504 e. The molecule has 0 fully saturated rings. The Morgan fingerprint density at radius 3 is 2.89 bits per heavy atom. The Balaban J connectivity index is 2.69. The zero-order valence-electron chi connectivity index (χ0n) is 9.80. The molecule has 1 unspecified atom stereocenters. The van der Waals surface area contributed by atoms with Crippen LogP contribution in [0.1, 0.15) is 12.0 Å². The van der Waals surface area contributed by atoms with E-state index in [0.29, 0.717) is 23.6 Å². The van der Waals surface area contributed by atoms with Gasteiger partial charge in [-0.05, 0) is 12.5 Å². The maximum atomic E-state index is 10.4. The van der Waals surface area contributed by atoms with Crippen LogP contribution in [0.5, 0.6) is 11.5 Å². The first kappa shape index (κ1) is 14.9. The van der Waals surface area contributed by atoms with Gasteiger partial charge in [0.15, 0.2) is 22.6 Å². The zero-order chi connectivity index (χ0) is 13.5. The van der Waals surface area contributed by atoms with Crippen molar-refractivity contribution in [2.24, 2.45) is 4.99 Å². The standard InChI is InChI=1S/C11H14ClNO4S/c1-17-10-6-9(12)5-8(11(10)14)7-13-3-2-4-18(15)16/h5-7,14H,2-4H2,1H3,(H,15,16)/b13-7+. The van der Waals surface area contributed by atoms with Crippen LogP contribution in [0.2, 0.25) is 5.02 Å². The van der Waals surface area contributed by atoms with Crippen molar-refractivity contribution in [2.75, 3.05) is 19.4 Å². The van der Waals surface area contributed by atoms with Crippen molar-refractivity contribution in [1.29, 1.82) is 0 Å². The summed E-state index contributed by atoms with van der Waals surface area (Å²) in [5.41, 5.74) is 0.449. The summed E-state index contributed by atoms with van der Waals surface area (Å²) in [4.78, 5) is 4.05. The molecule has 0 aromatic heterocycles. The Labute approximate surface area is 113 Å². The molecule has 0 aliphatic heterocycles. The lowest BCUT2D eigenvalue weighted by Crippen LogP contribution is -1.97. The quantitative estimate of drug-likeness (QED) is 0.478. The third-order valence-corrected chi connectivity index (χ3v) is 2.98. The van der Waals surface area contributed by atoms with Crippen LogP contribution in [-0.4, -0.2) is 39.5 Å². The number of nitrogens with zero attached hydrogens (tertiary/aromatic N) is 1. The molecule has 0 radical (unpaired) electrons. The second-order valence-corrected chi connectivity index (χ2v) is 4.95. The molecule has 2 N–H and O–H groups in total. The smallest absolute Gasteiger partial charge is 0.166 e. The van der Waals surface area contributed by atoms with E-state index in [-0.39, 0.29) is 17.3 Å². The molecule has 0 saturated carbocycles. The SMILES string of the molecule is COc1cc(Cl)cc(/C=N/CCCS(=O)O)c1O. The van der Waals surface area contributed by atoms with Gasteiger partial charge in [0, 0.05) is 29.4 Å². The average molecular weight is 292 g/mol. The maximum Gasteiger partial charge on any atom is 0.166 e. The van der Waals surface area contributed by atoms with E-state index >= 15 is 0 Å². The lowest BCUT2D eigenvalue weighted by Gasteiger charge is -2.06. The van der Waals surface area contributed by atoms with E-state index in [1.165, 1.54) is 19.4 Å². The number of rotatable bonds is 6. The Hall–Kier alpha value is -1.11. The highest BCUT2D eigenvalue weighted by molar-refractivity contribution is 7.79. The third-order valence-electron chi connectivity index (χ3n) is 2.13. The average Bonchev–Trinajstić information content (AvgIpc) is 2.32. The molecular weight excluding hydrogens is 278 g/mol. The first-order valence-electron chi connectivity index (χ1n) is 5.18. The second-order valence-electron chi connectivity index (χ2n) is 3.46. The van der Waals surface area contributed by atoms with Gasteiger partial charge in [0.05, 0.1) is 12.9 Å². The molecule has 1 atom stereocenters. The number of hydrogen-bond acceptors (Lipinski definition) is 4. The first-order chi connectivity index (χ1) is 8.54. The van der Waals surface area contributed by atoms with Gasteiger partial charge in [0.1, 0.15) is 0 Å². The Bertz CT molecular complexity index is 465. The summed E-state index contributed by atoms with van der Waals surface area (Å²) in [5.74, 6) is 0.430. The number of phenols is 1. The maximum absolute atomic E-state index is 10.4. The molecule has 1 aromatic carbocycles. The van der Waals surface area contributed by atoms with Crippen LogP contribution in [-0.2, 0) is 11.1 Å². The number of hydrogen-bond donors (Lipinski definition) is 2. The molecule has 0 aliphatic rings. The molecule has 0 amide bonds. The predicted octanol–water partition coefficient (Wildman–Crippen LogP) is 2.08. The van der Waals surface area contributed by atoms with Gasteiger partial charge in [-0.3, -0.25) is 4.99 Å². The predicted molar refractivity (Wildman–Crippen MR) is 72.4 cm³/mol. The summed E-state index contributed by atoms with van der Waals surface area (Å²) in [6.45, 7) is 0.403. The highest BCUT2D eigenvalue weighted by atomic mass is 35.5. The Morgan fingerprint density at radius 2 is 2.28 bits per heavy atom. The number of benzene rings is 1. The van der Waals surface area contributed by atoms with E-state index in [2.05, 4.69) is 4.99 Å². The topological polar surface area (TPSA) is 79.1 Å². The molecule has 7 heteroatoms. The number of methoxy groups -OCH3 is 1. The van der Waals surface area contributed by atoms with Gasteiger partial charge in [-0.15, -0.1) is 0 Å². The lowest BCUT2D eigenvalue weighted by molar-refractivity contribution is 0.373. The molecular formula is C11H14ClNO4S. The van der Waals surface area contributed by atoms with Crippen LogP contribution in [0.25, 0.3) is 0 Å². The summed E-state index contributed by atoms with van der Waals surface area (Å²) in [6, 6.07) is 3.07. The number of aliphatic imine (C=N–C) groups is 1. The monoisotopic (exact) mass is 291 g/mol. The number of halogens is 1. The molecule has 100 valence electrons. The van der Waals surface area contributed by atoms with Gasteiger partial charge in [-0.2, -0.15) is 0 Å². The van der Waals surface area contributed by atoms with E-state index in [4.69, 9.17) is 20.9 Å². The van der Waals surface area contributed by atoms with Gasteiger partial charge in [-0.1, -0.05) is 11.6 Å². The van der Waals surface area contributed by atoms with Crippen LogP contribution in [0, 0.1) is 0 Å². The van der Waals surface area contributed by atoms with Gasteiger partial charge >= 0.3 is 0 Å². The van der Waals surface area contributed by atoms with Gasteiger partial charge in [-0.25, -0.2) is 4.21 Å². The van der Waals surface area contributed by atoms with Crippen LogP contribution in [0.4, 0.5) is 0 Å². The molecule has 0 saturated heterocycles. The molecule has 0 bridgehead atoms. The zero-order valence-corrected chi connectivity index (χ0v) is 11.4. The first-order valence-corrected chi connectivity index (χ1v) is 6.83. The minimum Gasteiger partial charge on any atom is -0.504 e. The summed E-state index contributed by atoms with van der Waals surface area (Å²) in [7, 11) is 1.43. The van der Waals surface area contributed by atoms with Gasteiger partial charge in [0.2, 0.25) is 0 Å². The van der Waals surface area contributed by atoms with Crippen LogP contribution >= 0.6 is 11.6 Å².